The Morgan fingerprint density at radius 3 is 2.65 bits per heavy atom. The monoisotopic (exact) mass is 354 g/mol. The summed E-state index contributed by atoms with van der Waals surface area (Å²) in [6.45, 7) is 0. The number of nitrogens with zero attached hydrogens (tertiary/aromatic N) is 1. The van der Waals surface area contributed by atoms with Crippen molar-refractivity contribution in [1.82, 2.24) is 4.98 Å². The van der Waals surface area contributed by atoms with Crippen LogP contribution in [0.4, 0.5) is 5.82 Å². The number of anilines is 1. The highest BCUT2D eigenvalue weighted by molar-refractivity contribution is 9.10. The smallest absolute Gasteiger partial charge is 0.354 e. The van der Waals surface area contributed by atoms with Gasteiger partial charge in [0.1, 0.15) is 5.82 Å². The molecule has 0 unspecified atom stereocenters. The number of aromatic carboxylic acids is 1. The van der Waals surface area contributed by atoms with Gasteiger partial charge in [0, 0.05) is 9.50 Å². The summed E-state index contributed by atoms with van der Waals surface area (Å²) in [5.41, 5.74) is 0.231. The molecule has 2 N–H and O–H groups in total. The van der Waals surface area contributed by atoms with Crippen molar-refractivity contribution >= 4 is 45.2 Å². The van der Waals surface area contributed by atoms with Gasteiger partial charge in [-0.1, -0.05) is 17.7 Å². The Morgan fingerprint density at radius 2 is 2.00 bits per heavy atom. The summed E-state index contributed by atoms with van der Waals surface area (Å²) in [4.78, 5) is 26.7. The summed E-state index contributed by atoms with van der Waals surface area (Å²) in [5.74, 6) is -1.41. The average Bonchev–Trinajstić information content (AvgIpc) is 2.38. The Bertz CT molecular complexity index is 691. The highest BCUT2D eigenvalue weighted by Crippen LogP contribution is 2.22. The van der Waals surface area contributed by atoms with Crippen molar-refractivity contribution in [2.45, 2.75) is 0 Å². The molecule has 1 aromatic carbocycles. The van der Waals surface area contributed by atoms with Crippen LogP contribution in [0.25, 0.3) is 0 Å². The van der Waals surface area contributed by atoms with E-state index in [2.05, 4.69) is 26.2 Å². The van der Waals surface area contributed by atoms with Gasteiger partial charge < -0.3 is 10.4 Å². The molecule has 0 saturated carbocycles. The van der Waals surface area contributed by atoms with Crippen molar-refractivity contribution in [1.29, 1.82) is 0 Å². The van der Waals surface area contributed by atoms with Gasteiger partial charge in [-0.15, -0.1) is 0 Å². The van der Waals surface area contributed by atoms with Gasteiger partial charge in [-0.25, -0.2) is 9.78 Å². The predicted octanol–water partition coefficient (Wildman–Crippen LogP) is 3.45. The van der Waals surface area contributed by atoms with Crippen LogP contribution < -0.4 is 5.32 Å². The first kappa shape index (κ1) is 14.5. The third kappa shape index (κ3) is 3.34. The predicted molar refractivity (Wildman–Crippen MR) is 78.3 cm³/mol. The van der Waals surface area contributed by atoms with Crippen LogP contribution in [-0.4, -0.2) is 22.0 Å². The van der Waals surface area contributed by atoms with Crippen LogP contribution in [0, 0.1) is 0 Å². The number of carbonyl (C=O) groups is 2. The minimum atomic E-state index is -1.16. The number of carbonyl (C=O) groups excluding carboxylic acids is 1. The van der Waals surface area contributed by atoms with Crippen LogP contribution in [0.1, 0.15) is 20.8 Å². The quantitative estimate of drug-likeness (QED) is 0.884. The fourth-order valence-electron chi connectivity index (χ4n) is 1.48. The molecule has 2 aromatic rings. The van der Waals surface area contributed by atoms with Gasteiger partial charge in [0.2, 0.25) is 0 Å². The zero-order valence-corrected chi connectivity index (χ0v) is 12.3. The van der Waals surface area contributed by atoms with E-state index in [0.29, 0.717) is 15.1 Å². The minimum absolute atomic E-state index is 0.141. The molecular weight excluding hydrogens is 348 g/mol. The Hall–Kier alpha value is -1.92. The molecular formula is C13H8BrClN2O3. The molecule has 0 aliphatic carbocycles. The molecule has 0 radical (unpaired) electrons. The third-order valence-electron chi connectivity index (χ3n) is 2.39. The van der Waals surface area contributed by atoms with Gasteiger partial charge in [0.15, 0.2) is 5.69 Å². The molecule has 0 spiro atoms. The maximum absolute atomic E-state index is 12.1. The van der Waals surface area contributed by atoms with Crippen molar-refractivity contribution in [3.63, 3.8) is 0 Å². The van der Waals surface area contributed by atoms with E-state index in [1.54, 1.807) is 18.2 Å². The van der Waals surface area contributed by atoms with Crippen molar-refractivity contribution in [3.8, 4) is 0 Å². The number of nitrogens with one attached hydrogen (secondary N) is 1. The Labute approximate surface area is 127 Å². The van der Waals surface area contributed by atoms with Gasteiger partial charge in [-0.05, 0) is 46.3 Å². The molecule has 0 bridgehead atoms. The van der Waals surface area contributed by atoms with Gasteiger partial charge in [0.25, 0.3) is 5.91 Å². The van der Waals surface area contributed by atoms with Gasteiger partial charge in [-0.2, -0.15) is 0 Å². The zero-order valence-electron chi connectivity index (χ0n) is 9.93. The molecule has 1 heterocycles. The van der Waals surface area contributed by atoms with Crippen LogP contribution in [-0.2, 0) is 0 Å². The molecule has 0 atom stereocenters. The van der Waals surface area contributed by atoms with E-state index < -0.39 is 11.9 Å². The highest BCUT2D eigenvalue weighted by Gasteiger charge is 2.12. The normalized spacial score (nSPS) is 10.1. The van der Waals surface area contributed by atoms with Crippen molar-refractivity contribution in [2.75, 3.05) is 5.32 Å². The molecule has 0 saturated heterocycles. The first-order valence-electron chi connectivity index (χ1n) is 5.44. The van der Waals surface area contributed by atoms with Crippen molar-refractivity contribution in [3.05, 3.63) is 57.2 Å². The molecule has 1 aromatic heterocycles. The summed E-state index contributed by atoms with van der Waals surface area (Å²) in [6, 6.07) is 9.09. The lowest BCUT2D eigenvalue weighted by atomic mass is 10.2. The van der Waals surface area contributed by atoms with E-state index in [0.717, 1.165) is 0 Å². The maximum Gasteiger partial charge on any atom is 0.354 e. The van der Waals surface area contributed by atoms with Gasteiger partial charge in [0.05, 0.1) is 5.56 Å². The van der Waals surface area contributed by atoms with Crippen LogP contribution in [0.2, 0.25) is 5.02 Å². The zero-order chi connectivity index (χ0) is 14.7. The largest absolute Gasteiger partial charge is 0.477 e. The molecule has 0 fully saturated rings. The molecule has 1 amide bonds. The van der Waals surface area contributed by atoms with Crippen LogP contribution in [0.5, 0.6) is 0 Å². The fraction of sp³-hybridized carbons (Fsp3) is 0. The van der Waals surface area contributed by atoms with Gasteiger partial charge in [-0.3, -0.25) is 4.79 Å². The van der Waals surface area contributed by atoms with Crippen LogP contribution in [0.3, 0.4) is 0 Å². The van der Waals surface area contributed by atoms with Gasteiger partial charge >= 0.3 is 5.97 Å². The molecule has 7 heteroatoms. The molecule has 102 valence electrons. The van der Waals surface area contributed by atoms with Crippen molar-refractivity contribution in [2.24, 2.45) is 0 Å². The first-order chi connectivity index (χ1) is 9.47. The second-order valence-electron chi connectivity index (χ2n) is 3.79. The molecule has 0 aliphatic heterocycles. The first-order valence-corrected chi connectivity index (χ1v) is 6.61. The number of benzene rings is 1. The number of hydrogen-bond acceptors (Lipinski definition) is 3. The Morgan fingerprint density at radius 1 is 1.25 bits per heavy atom. The van der Waals surface area contributed by atoms with Crippen molar-refractivity contribution < 1.29 is 14.7 Å². The molecule has 0 aliphatic rings. The number of rotatable bonds is 3. The topological polar surface area (TPSA) is 79.3 Å². The number of amides is 1. The lowest BCUT2D eigenvalue weighted by Crippen LogP contribution is -2.14. The van der Waals surface area contributed by atoms with E-state index in [1.807, 2.05) is 0 Å². The second kappa shape index (κ2) is 6.02. The lowest BCUT2D eigenvalue weighted by Gasteiger charge is -2.07. The second-order valence-corrected chi connectivity index (χ2v) is 5.08. The van der Waals surface area contributed by atoms with E-state index in [9.17, 15) is 9.59 Å². The third-order valence-corrected chi connectivity index (χ3v) is 3.28. The van der Waals surface area contributed by atoms with E-state index in [4.69, 9.17) is 16.7 Å². The number of pyridine rings is 1. The van der Waals surface area contributed by atoms with E-state index in [-0.39, 0.29) is 11.5 Å². The summed E-state index contributed by atoms with van der Waals surface area (Å²) in [6.07, 6.45) is 0. The fourth-order valence-corrected chi connectivity index (χ4v) is 2.34. The van der Waals surface area contributed by atoms with Crippen LogP contribution in [0.15, 0.2) is 40.9 Å². The average molecular weight is 356 g/mol. The van der Waals surface area contributed by atoms with E-state index in [1.165, 1.54) is 18.2 Å². The summed E-state index contributed by atoms with van der Waals surface area (Å²) in [7, 11) is 0. The Kier molecular flexibility index (Phi) is 4.36. The lowest BCUT2D eigenvalue weighted by molar-refractivity contribution is 0.0690. The number of hydrogen-bond donors (Lipinski definition) is 2. The maximum atomic E-state index is 12.1. The summed E-state index contributed by atoms with van der Waals surface area (Å²) >= 11 is 9.04. The molecule has 2 rings (SSSR count). The standard InChI is InChI=1S/C13H8BrClN2O3/c14-9-6-7(15)4-5-8(9)12(18)17-11-3-1-2-10(16-11)13(19)20/h1-6H,(H,19,20)(H,16,17,18). The van der Waals surface area contributed by atoms with E-state index >= 15 is 0 Å². The summed E-state index contributed by atoms with van der Waals surface area (Å²) < 4.78 is 0.539. The number of halogens is 2. The minimum Gasteiger partial charge on any atom is -0.477 e. The number of carboxylic acids is 1. The summed E-state index contributed by atoms with van der Waals surface area (Å²) in [5, 5.41) is 11.9. The number of carboxylic acid groups (broad SMARTS) is 1. The molecule has 5 nitrogen and oxygen atoms in total. The SMILES string of the molecule is O=C(O)c1cccc(NC(=O)c2ccc(Cl)cc2Br)n1. The highest BCUT2D eigenvalue weighted by atomic mass is 79.9. The Balaban J connectivity index is 2.23. The molecule has 20 heavy (non-hydrogen) atoms. The number of aromatic nitrogens is 1. The van der Waals surface area contributed by atoms with Crippen LogP contribution >= 0.6 is 27.5 Å².